The van der Waals surface area contributed by atoms with E-state index in [1.54, 1.807) is 6.20 Å². The van der Waals surface area contributed by atoms with Crippen LogP contribution in [-0.2, 0) is 0 Å². The smallest absolute Gasteiger partial charge is 0.273 e. The lowest BCUT2D eigenvalue weighted by Crippen LogP contribution is -2.43. The lowest BCUT2D eigenvalue weighted by molar-refractivity contribution is 0.0995. The van der Waals surface area contributed by atoms with E-state index in [1.165, 1.54) is 0 Å². The molecule has 0 bridgehead atoms. The monoisotopic (exact) mass is 457 g/mol. The number of hydrogen-bond donors (Lipinski definition) is 4. The summed E-state index contributed by atoms with van der Waals surface area (Å²) < 4.78 is 2.08. The Morgan fingerprint density at radius 3 is 2.79 bits per heavy atom. The SMILES string of the molecule is Cc1cc(-n2ccc3c(Nc4nc(N[C@@H]5CCCC[C@@H]5N)nnc4C(N)=O)cccc32)ccn1. The first kappa shape index (κ1) is 21.8. The molecule has 0 saturated heterocycles. The zero-order valence-corrected chi connectivity index (χ0v) is 18.9. The summed E-state index contributed by atoms with van der Waals surface area (Å²) in [5.74, 6) is -0.151. The van der Waals surface area contributed by atoms with E-state index in [-0.39, 0.29) is 23.6 Å². The molecule has 4 aromatic rings. The third-order valence-corrected chi connectivity index (χ3v) is 6.20. The van der Waals surface area contributed by atoms with Crippen LogP contribution in [-0.4, -0.2) is 42.7 Å². The highest BCUT2D eigenvalue weighted by Crippen LogP contribution is 2.30. The number of aromatic nitrogens is 5. The molecule has 34 heavy (non-hydrogen) atoms. The molecule has 174 valence electrons. The van der Waals surface area contributed by atoms with E-state index in [2.05, 4.69) is 35.4 Å². The summed E-state index contributed by atoms with van der Waals surface area (Å²) in [5.41, 5.74) is 15.5. The van der Waals surface area contributed by atoms with Crippen LogP contribution in [0.2, 0.25) is 0 Å². The van der Waals surface area contributed by atoms with Gasteiger partial charge < -0.3 is 26.7 Å². The molecular weight excluding hydrogens is 430 g/mol. The van der Waals surface area contributed by atoms with Crippen LogP contribution < -0.4 is 22.1 Å². The van der Waals surface area contributed by atoms with Crippen LogP contribution in [0, 0.1) is 6.92 Å². The number of nitrogens with two attached hydrogens (primary N) is 2. The molecule has 2 atom stereocenters. The van der Waals surface area contributed by atoms with Crippen LogP contribution in [0.15, 0.2) is 48.8 Å². The maximum Gasteiger partial charge on any atom is 0.273 e. The number of primary amides is 1. The van der Waals surface area contributed by atoms with Crippen molar-refractivity contribution in [1.82, 2.24) is 24.7 Å². The van der Waals surface area contributed by atoms with Gasteiger partial charge in [-0.3, -0.25) is 9.78 Å². The molecule has 3 aromatic heterocycles. The second-order valence-corrected chi connectivity index (χ2v) is 8.60. The van der Waals surface area contributed by atoms with Crippen LogP contribution in [0.1, 0.15) is 41.9 Å². The highest BCUT2D eigenvalue weighted by molar-refractivity contribution is 5.99. The number of benzene rings is 1. The summed E-state index contributed by atoms with van der Waals surface area (Å²) in [5, 5.41) is 15.6. The van der Waals surface area contributed by atoms with Crippen LogP contribution in [0.25, 0.3) is 16.6 Å². The molecule has 1 amide bonds. The molecule has 1 aliphatic carbocycles. The minimum Gasteiger partial charge on any atom is -0.364 e. The van der Waals surface area contributed by atoms with Gasteiger partial charge in [0.15, 0.2) is 11.5 Å². The van der Waals surface area contributed by atoms with E-state index >= 15 is 0 Å². The predicted octanol–water partition coefficient (Wildman–Crippen LogP) is 3.04. The van der Waals surface area contributed by atoms with Gasteiger partial charge >= 0.3 is 0 Å². The van der Waals surface area contributed by atoms with Crippen molar-refractivity contribution in [3.63, 3.8) is 0 Å². The largest absolute Gasteiger partial charge is 0.364 e. The first-order chi connectivity index (χ1) is 16.5. The number of nitrogens with one attached hydrogen (secondary N) is 2. The summed E-state index contributed by atoms with van der Waals surface area (Å²) in [4.78, 5) is 20.9. The fourth-order valence-electron chi connectivity index (χ4n) is 4.45. The van der Waals surface area contributed by atoms with Gasteiger partial charge in [-0.15, -0.1) is 10.2 Å². The number of carbonyl (C=O) groups is 1. The number of hydrogen-bond acceptors (Lipinski definition) is 8. The van der Waals surface area contributed by atoms with Gasteiger partial charge in [0, 0.05) is 46.9 Å². The fourth-order valence-corrected chi connectivity index (χ4v) is 4.45. The molecule has 1 fully saturated rings. The molecule has 6 N–H and O–H groups in total. The van der Waals surface area contributed by atoms with Gasteiger partial charge in [-0.1, -0.05) is 18.9 Å². The van der Waals surface area contributed by atoms with E-state index in [1.807, 2.05) is 49.5 Å². The molecule has 5 rings (SSSR count). The molecule has 0 radical (unpaired) electrons. The lowest BCUT2D eigenvalue weighted by Gasteiger charge is -2.29. The van der Waals surface area contributed by atoms with Crippen molar-refractivity contribution in [3.05, 3.63) is 60.2 Å². The molecule has 10 heteroatoms. The van der Waals surface area contributed by atoms with Crippen LogP contribution in [0.5, 0.6) is 0 Å². The second-order valence-electron chi connectivity index (χ2n) is 8.60. The van der Waals surface area contributed by atoms with Gasteiger partial charge in [0.05, 0.1) is 5.52 Å². The number of rotatable bonds is 6. The van der Waals surface area contributed by atoms with Crippen molar-refractivity contribution in [3.8, 4) is 5.69 Å². The van der Waals surface area contributed by atoms with Gasteiger partial charge in [0.2, 0.25) is 5.95 Å². The highest BCUT2D eigenvalue weighted by Gasteiger charge is 2.24. The fraction of sp³-hybridized carbons (Fsp3) is 0.292. The molecule has 0 aliphatic heterocycles. The van der Waals surface area contributed by atoms with E-state index in [0.29, 0.717) is 5.95 Å². The summed E-state index contributed by atoms with van der Waals surface area (Å²) in [7, 11) is 0. The number of amides is 1. The van der Waals surface area contributed by atoms with Crippen molar-refractivity contribution in [2.75, 3.05) is 10.6 Å². The Bertz CT molecular complexity index is 1350. The first-order valence-electron chi connectivity index (χ1n) is 11.4. The number of pyridine rings is 1. The molecule has 0 unspecified atom stereocenters. The number of carbonyl (C=O) groups excluding carboxylic acids is 1. The zero-order chi connectivity index (χ0) is 23.7. The normalized spacial score (nSPS) is 18.1. The van der Waals surface area contributed by atoms with Gasteiger partial charge in [-0.25, -0.2) is 0 Å². The molecular formula is C24H27N9O. The zero-order valence-electron chi connectivity index (χ0n) is 18.9. The quantitative estimate of drug-likeness (QED) is 0.345. The Morgan fingerprint density at radius 2 is 2.00 bits per heavy atom. The molecule has 1 saturated carbocycles. The van der Waals surface area contributed by atoms with Crippen LogP contribution in [0.4, 0.5) is 17.5 Å². The maximum absolute atomic E-state index is 12.0. The van der Waals surface area contributed by atoms with Gasteiger partial charge in [0.25, 0.3) is 5.91 Å². The number of nitrogens with zero attached hydrogens (tertiary/aromatic N) is 5. The minimum absolute atomic E-state index is 0.0231. The summed E-state index contributed by atoms with van der Waals surface area (Å²) in [6.07, 6.45) is 7.89. The van der Waals surface area contributed by atoms with Crippen molar-refractivity contribution in [1.29, 1.82) is 0 Å². The third kappa shape index (κ3) is 4.27. The Morgan fingerprint density at radius 1 is 1.15 bits per heavy atom. The highest BCUT2D eigenvalue weighted by atomic mass is 16.1. The Balaban J connectivity index is 1.49. The van der Waals surface area contributed by atoms with E-state index < -0.39 is 5.91 Å². The molecule has 3 heterocycles. The van der Waals surface area contributed by atoms with E-state index in [0.717, 1.165) is 53.7 Å². The lowest BCUT2D eigenvalue weighted by atomic mass is 9.91. The Kier molecular flexibility index (Phi) is 5.81. The van der Waals surface area contributed by atoms with Gasteiger partial charge in [-0.05, 0) is 50.1 Å². The van der Waals surface area contributed by atoms with Crippen molar-refractivity contribution in [2.45, 2.75) is 44.7 Å². The minimum atomic E-state index is -0.708. The number of anilines is 3. The van der Waals surface area contributed by atoms with Crippen LogP contribution in [0.3, 0.4) is 0 Å². The van der Waals surface area contributed by atoms with E-state index in [9.17, 15) is 4.79 Å². The summed E-state index contributed by atoms with van der Waals surface area (Å²) >= 11 is 0. The van der Waals surface area contributed by atoms with Gasteiger partial charge in [0.1, 0.15) is 0 Å². The van der Waals surface area contributed by atoms with E-state index in [4.69, 9.17) is 11.5 Å². The van der Waals surface area contributed by atoms with Gasteiger partial charge in [-0.2, -0.15) is 4.98 Å². The Hall–Kier alpha value is -4.05. The summed E-state index contributed by atoms with van der Waals surface area (Å²) in [6.45, 7) is 1.96. The standard InChI is InChI=1S/C24H27N9O/c1-14-13-15(9-11-27-14)33-12-10-16-18(7-4-8-20(16)33)28-23-21(22(26)34)31-32-24(30-23)29-19-6-3-2-5-17(19)25/h4,7-13,17,19H,2-3,5-6,25H2,1H3,(H2,26,34)(H2,28,29,30,32)/t17-,19+/m0/s1. The molecule has 1 aromatic carbocycles. The predicted molar refractivity (Wildman–Crippen MR) is 131 cm³/mol. The average Bonchev–Trinajstić information content (AvgIpc) is 3.26. The Labute approximate surface area is 196 Å². The number of fused-ring (bicyclic) bond motifs is 1. The maximum atomic E-state index is 12.0. The third-order valence-electron chi connectivity index (χ3n) is 6.20. The van der Waals surface area contributed by atoms with Crippen molar-refractivity contribution in [2.24, 2.45) is 11.5 Å². The number of aryl methyl sites for hydroxylation is 1. The first-order valence-corrected chi connectivity index (χ1v) is 11.4. The van der Waals surface area contributed by atoms with Crippen molar-refractivity contribution < 1.29 is 4.79 Å². The molecule has 10 nitrogen and oxygen atoms in total. The summed E-state index contributed by atoms with van der Waals surface area (Å²) in [6, 6.07) is 12.0. The molecule has 0 spiro atoms. The van der Waals surface area contributed by atoms with Crippen molar-refractivity contribution >= 4 is 34.3 Å². The van der Waals surface area contributed by atoms with Crippen LogP contribution >= 0.6 is 0 Å². The topological polar surface area (TPSA) is 150 Å². The molecule has 1 aliphatic rings. The average molecular weight is 458 g/mol. The second kappa shape index (κ2) is 9.06.